The van der Waals surface area contributed by atoms with Gasteiger partial charge in [0.2, 0.25) is 0 Å². The molecule has 0 spiro atoms. The van der Waals surface area contributed by atoms with Gasteiger partial charge in [-0.25, -0.2) is 0 Å². The maximum atomic E-state index is 5.65. The molecule has 2 aliphatic rings. The van der Waals surface area contributed by atoms with Crippen molar-refractivity contribution in [1.82, 2.24) is 4.90 Å². The molecule has 30 heavy (non-hydrogen) atoms. The topological polar surface area (TPSA) is 21.7 Å². The highest BCUT2D eigenvalue weighted by Gasteiger charge is 2.39. The van der Waals surface area contributed by atoms with Gasteiger partial charge in [-0.15, -0.1) is 12.4 Å². The third-order valence-corrected chi connectivity index (χ3v) is 6.54. The van der Waals surface area contributed by atoms with Crippen LogP contribution in [0.5, 0.6) is 11.5 Å². The van der Waals surface area contributed by atoms with E-state index >= 15 is 0 Å². The van der Waals surface area contributed by atoms with Crippen LogP contribution in [0.15, 0.2) is 66.7 Å². The van der Waals surface area contributed by atoms with Crippen molar-refractivity contribution in [3.8, 4) is 11.5 Å². The van der Waals surface area contributed by atoms with Gasteiger partial charge in [0.25, 0.3) is 0 Å². The van der Waals surface area contributed by atoms with E-state index in [0.29, 0.717) is 12.0 Å². The lowest BCUT2D eigenvalue weighted by molar-refractivity contribution is 0.132. The van der Waals surface area contributed by atoms with Crippen molar-refractivity contribution in [3.63, 3.8) is 0 Å². The van der Waals surface area contributed by atoms with Gasteiger partial charge in [-0.05, 0) is 52.8 Å². The van der Waals surface area contributed by atoms with Crippen LogP contribution in [-0.2, 0) is 19.5 Å². The van der Waals surface area contributed by atoms with E-state index < -0.39 is 0 Å². The first kappa shape index (κ1) is 20.8. The molecular weight excluding hydrogens is 394 g/mol. The smallest absolute Gasteiger partial charge is 0.161 e. The molecule has 0 amide bonds. The summed E-state index contributed by atoms with van der Waals surface area (Å²) in [7, 11) is 3.44. The summed E-state index contributed by atoms with van der Waals surface area (Å²) in [6.07, 6.45) is 2.23. The summed E-state index contributed by atoms with van der Waals surface area (Å²) >= 11 is 0. The van der Waals surface area contributed by atoms with Crippen molar-refractivity contribution in [2.45, 2.75) is 37.9 Å². The lowest BCUT2D eigenvalue weighted by Crippen LogP contribution is -2.45. The Labute approximate surface area is 185 Å². The molecule has 0 bridgehead atoms. The number of hydrogen-bond donors (Lipinski definition) is 0. The van der Waals surface area contributed by atoms with Gasteiger partial charge in [0.1, 0.15) is 0 Å². The average Bonchev–Trinajstić information content (AvgIpc) is 2.78. The first-order valence-corrected chi connectivity index (χ1v) is 10.4. The van der Waals surface area contributed by atoms with E-state index in [9.17, 15) is 0 Å². The first-order chi connectivity index (χ1) is 14.3. The minimum absolute atomic E-state index is 0. The van der Waals surface area contributed by atoms with E-state index in [0.717, 1.165) is 37.4 Å². The predicted octanol–water partition coefficient (Wildman–Crippen LogP) is 5.59. The molecule has 0 saturated heterocycles. The third kappa shape index (κ3) is 3.57. The molecule has 0 radical (unpaired) electrons. The number of ether oxygens (including phenoxy) is 2. The van der Waals surface area contributed by atoms with E-state index in [1.54, 1.807) is 14.2 Å². The van der Waals surface area contributed by atoms with Crippen LogP contribution in [0.3, 0.4) is 0 Å². The number of nitrogens with zero attached hydrogens (tertiary/aromatic N) is 1. The second kappa shape index (κ2) is 8.71. The molecule has 156 valence electrons. The van der Waals surface area contributed by atoms with Crippen LogP contribution in [0.25, 0.3) is 0 Å². The predicted molar refractivity (Wildman–Crippen MR) is 123 cm³/mol. The van der Waals surface area contributed by atoms with Crippen LogP contribution >= 0.6 is 12.4 Å². The van der Waals surface area contributed by atoms with Crippen molar-refractivity contribution in [2.24, 2.45) is 0 Å². The molecule has 1 heterocycles. The standard InChI is InChI=1S/C26H27NO2.ClH/c1-28-24-14-19-12-13-23-26(22(19)15-25(24)29-2)21-11-7-6-10-20(21)17-27(23)16-18-8-4-3-5-9-18;/h3-11,14-15,23,26H,12-13,16-17H2,1-2H3;1H/t23-,26-;/m0./s1. The Hall–Kier alpha value is -2.49. The Morgan fingerprint density at radius 2 is 1.53 bits per heavy atom. The molecule has 1 aliphatic heterocycles. The van der Waals surface area contributed by atoms with Gasteiger partial charge in [0, 0.05) is 25.0 Å². The Morgan fingerprint density at radius 1 is 0.833 bits per heavy atom. The summed E-state index contributed by atoms with van der Waals surface area (Å²) < 4.78 is 11.2. The van der Waals surface area contributed by atoms with Gasteiger partial charge in [-0.2, -0.15) is 0 Å². The molecule has 4 heteroatoms. The maximum Gasteiger partial charge on any atom is 0.161 e. The van der Waals surface area contributed by atoms with Gasteiger partial charge in [0.15, 0.2) is 11.5 Å². The number of rotatable bonds is 4. The first-order valence-electron chi connectivity index (χ1n) is 10.4. The van der Waals surface area contributed by atoms with Crippen molar-refractivity contribution in [1.29, 1.82) is 0 Å². The molecule has 0 N–H and O–H groups in total. The average molecular weight is 422 g/mol. The van der Waals surface area contributed by atoms with Crippen molar-refractivity contribution >= 4 is 12.4 Å². The zero-order valence-electron chi connectivity index (χ0n) is 17.5. The molecule has 0 saturated carbocycles. The van der Waals surface area contributed by atoms with Gasteiger partial charge < -0.3 is 9.47 Å². The van der Waals surface area contributed by atoms with E-state index in [1.807, 2.05) is 0 Å². The number of halogens is 1. The summed E-state index contributed by atoms with van der Waals surface area (Å²) in [5.41, 5.74) is 7.07. The number of hydrogen-bond acceptors (Lipinski definition) is 3. The second-order valence-corrected chi connectivity index (χ2v) is 8.08. The summed E-state index contributed by atoms with van der Waals surface area (Å²) in [5.74, 6) is 2.02. The number of fused-ring (bicyclic) bond motifs is 5. The number of methoxy groups -OCH3 is 2. The minimum atomic E-state index is 0. The zero-order valence-corrected chi connectivity index (χ0v) is 18.3. The Balaban J connectivity index is 0.00000218. The highest BCUT2D eigenvalue weighted by molar-refractivity contribution is 5.85. The third-order valence-electron chi connectivity index (χ3n) is 6.54. The van der Waals surface area contributed by atoms with Crippen molar-refractivity contribution in [3.05, 3.63) is 94.5 Å². The van der Waals surface area contributed by atoms with E-state index in [1.165, 1.54) is 27.8 Å². The molecule has 0 fully saturated rings. The van der Waals surface area contributed by atoms with E-state index in [-0.39, 0.29) is 12.4 Å². The van der Waals surface area contributed by atoms with Crippen LogP contribution in [0, 0.1) is 0 Å². The van der Waals surface area contributed by atoms with E-state index in [2.05, 4.69) is 71.6 Å². The fourth-order valence-corrected chi connectivity index (χ4v) is 5.20. The minimum Gasteiger partial charge on any atom is -0.493 e. The zero-order chi connectivity index (χ0) is 19.8. The largest absolute Gasteiger partial charge is 0.493 e. The van der Waals surface area contributed by atoms with Crippen molar-refractivity contribution < 1.29 is 9.47 Å². The normalized spacial score (nSPS) is 19.7. The number of benzene rings is 3. The molecule has 3 aromatic carbocycles. The van der Waals surface area contributed by atoms with Crippen molar-refractivity contribution in [2.75, 3.05) is 14.2 Å². The Bertz CT molecular complexity index is 1020. The molecule has 5 rings (SSSR count). The summed E-state index contributed by atoms with van der Waals surface area (Å²) in [6.45, 7) is 1.99. The lowest BCUT2D eigenvalue weighted by atomic mass is 9.71. The highest BCUT2D eigenvalue weighted by Crippen LogP contribution is 2.47. The van der Waals surface area contributed by atoms with E-state index in [4.69, 9.17) is 9.47 Å². The summed E-state index contributed by atoms with van der Waals surface area (Å²) in [5, 5.41) is 0. The van der Waals surface area contributed by atoms with Crippen LogP contribution < -0.4 is 9.47 Å². The SMILES string of the molecule is COc1cc2c(cc1OC)[C@@H]1c3ccccc3CN(Cc3ccccc3)[C@H]1CC2.Cl. The maximum absolute atomic E-state index is 5.65. The second-order valence-electron chi connectivity index (χ2n) is 8.08. The molecular formula is C26H28ClNO2. The Morgan fingerprint density at radius 3 is 2.30 bits per heavy atom. The molecule has 0 aromatic heterocycles. The van der Waals surface area contributed by atoms with Crippen LogP contribution in [0.1, 0.15) is 40.2 Å². The molecule has 3 nitrogen and oxygen atoms in total. The van der Waals surface area contributed by atoms with Crippen LogP contribution in [0.4, 0.5) is 0 Å². The molecule has 1 aliphatic carbocycles. The summed E-state index contributed by atoms with van der Waals surface area (Å²) in [6, 6.07) is 24.7. The molecule has 0 unspecified atom stereocenters. The lowest BCUT2D eigenvalue weighted by Gasteiger charge is -2.46. The van der Waals surface area contributed by atoms with Gasteiger partial charge in [-0.3, -0.25) is 4.90 Å². The van der Waals surface area contributed by atoms with Crippen LogP contribution in [0.2, 0.25) is 0 Å². The molecule has 2 atom stereocenters. The fraction of sp³-hybridized carbons (Fsp3) is 0.308. The Kier molecular flexibility index (Phi) is 6.03. The quantitative estimate of drug-likeness (QED) is 0.548. The fourth-order valence-electron chi connectivity index (χ4n) is 5.20. The van der Waals surface area contributed by atoms with Gasteiger partial charge in [-0.1, -0.05) is 54.6 Å². The summed E-state index contributed by atoms with van der Waals surface area (Å²) in [4.78, 5) is 2.67. The highest BCUT2D eigenvalue weighted by atomic mass is 35.5. The van der Waals surface area contributed by atoms with Crippen LogP contribution in [-0.4, -0.2) is 25.2 Å². The molecule has 3 aromatic rings. The van der Waals surface area contributed by atoms with Gasteiger partial charge >= 0.3 is 0 Å². The monoisotopic (exact) mass is 421 g/mol. The number of aryl methyl sites for hydroxylation is 1. The van der Waals surface area contributed by atoms with Gasteiger partial charge in [0.05, 0.1) is 14.2 Å².